The highest BCUT2D eigenvalue weighted by Crippen LogP contribution is 2.27. The zero-order valence-corrected chi connectivity index (χ0v) is 16.3. The van der Waals surface area contributed by atoms with Crippen LogP contribution in [-0.4, -0.2) is 35.0 Å². The van der Waals surface area contributed by atoms with E-state index in [0.717, 1.165) is 16.8 Å². The number of amides is 1. The molecule has 0 saturated carbocycles. The van der Waals surface area contributed by atoms with Gasteiger partial charge >= 0.3 is 5.97 Å². The summed E-state index contributed by atoms with van der Waals surface area (Å²) in [5, 5.41) is 23.9. The second-order valence-electron chi connectivity index (χ2n) is 6.15. The lowest BCUT2D eigenvalue weighted by Crippen LogP contribution is -2.41. The Morgan fingerprint density at radius 2 is 2.08 bits per heavy atom. The van der Waals surface area contributed by atoms with Crippen LogP contribution in [0.5, 0.6) is 0 Å². The average Bonchev–Trinajstić information content (AvgIpc) is 2.59. The fraction of sp³-hybridized carbons (Fsp3) is 0.421. The molecule has 0 heterocycles. The monoisotopic (exact) mass is 375 g/mol. The van der Waals surface area contributed by atoms with Crippen molar-refractivity contribution in [2.75, 3.05) is 17.3 Å². The van der Waals surface area contributed by atoms with Crippen LogP contribution in [-0.2, 0) is 9.59 Å². The van der Waals surface area contributed by atoms with Crippen molar-refractivity contribution >= 4 is 29.3 Å². The lowest BCUT2D eigenvalue weighted by Gasteiger charge is -2.16. The van der Waals surface area contributed by atoms with Crippen LogP contribution in [0.1, 0.15) is 37.3 Å². The summed E-state index contributed by atoms with van der Waals surface area (Å²) >= 11 is 1.50. The van der Waals surface area contributed by atoms with Gasteiger partial charge in [0.1, 0.15) is 17.7 Å². The number of benzene rings is 1. The summed E-state index contributed by atoms with van der Waals surface area (Å²) < 4.78 is 0. The molecule has 0 aliphatic rings. The molecule has 26 heavy (non-hydrogen) atoms. The average molecular weight is 375 g/mol. The van der Waals surface area contributed by atoms with Crippen LogP contribution in [0.4, 0.5) is 5.69 Å². The van der Waals surface area contributed by atoms with Crippen LogP contribution in [0.2, 0.25) is 0 Å². The van der Waals surface area contributed by atoms with Gasteiger partial charge in [-0.2, -0.15) is 17.0 Å². The van der Waals surface area contributed by atoms with E-state index in [1.165, 1.54) is 18.0 Å². The van der Waals surface area contributed by atoms with E-state index in [0.29, 0.717) is 12.2 Å². The first-order valence-electron chi connectivity index (χ1n) is 8.30. The minimum absolute atomic E-state index is 0.168. The molecule has 1 rings (SSSR count). The molecule has 1 aromatic rings. The molecule has 0 saturated heterocycles. The highest BCUT2D eigenvalue weighted by atomic mass is 32.2. The molecular weight excluding hydrogens is 350 g/mol. The topological polar surface area (TPSA) is 102 Å². The number of nitrogens with zero attached hydrogens (tertiary/aromatic N) is 1. The smallest absolute Gasteiger partial charge is 0.326 e. The van der Waals surface area contributed by atoms with Crippen molar-refractivity contribution in [3.8, 4) is 6.07 Å². The van der Waals surface area contributed by atoms with Gasteiger partial charge in [-0.05, 0) is 42.4 Å². The van der Waals surface area contributed by atoms with E-state index in [-0.39, 0.29) is 11.5 Å². The van der Waals surface area contributed by atoms with Crippen molar-refractivity contribution in [3.05, 3.63) is 41.1 Å². The number of thioether (sulfide) groups is 1. The molecule has 1 unspecified atom stereocenters. The lowest BCUT2D eigenvalue weighted by molar-refractivity contribution is -0.141. The molecule has 140 valence electrons. The molecule has 0 radical (unpaired) electrons. The number of hydrogen-bond donors (Lipinski definition) is 3. The van der Waals surface area contributed by atoms with E-state index in [9.17, 15) is 20.0 Å². The molecule has 0 spiro atoms. The van der Waals surface area contributed by atoms with Gasteiger partial charge in [0.15, 0.2) is 0 Å². The number of aliphatic carboxylic acids is 1. The molecule has 0 fully saturated rings. The molecule has 1 aromatic carbocycles. The second-order valence-corrected chi connectivity index (χ2v) is 7.14. The lowest BCUT2D eigenvalue weighted by atomic mass is 9.98. The number of hydrogen-bond acceptors (Lipinski definition) is 5. The van der Waals surface area contributed by atoms with E-state index in [1.54, 1.807) is 0 Å². The maximum Gasteiger partial charge on any atom is 0.326 e. The number of carboxylic acid groups (broad SMARTS) is 1. The summed E-state index contributed by atoms with van der Waals surface area (Å²) in [6.07, 6.45) is 3.49. The standard InChI is InChI=1S/C19H25N3O3S/c1-12(2)15-7-5-6-13(3)17(15)21-11-14(10-20)18(23)22-16(19(24)25)8-9-26-4/h5-7,11-12,16,21H,8-9H2,1-4H3,(H,22,23)(H,24,25)/b14-11-. The Bertz CT molecular complexity index is 723. The summed E-state index contributed by atoms with van der Waals surface area (Å²) in [6.45, 7) is 6.06. The third kappa shape index (κ3) is 6.12. The molecule has 0 bridgehead atoms. The van der Waals surface area contributed by atoms with E-state index in [2.05, 4.69) is 24.5 Å². The number of rotatable bonds is 9. The molecule has 1 atom stereocenters. The van der Waals surface area contributed by atoms with Crippen molar-refractivity contribution in [2.45, 2.75) is 39.2 Å². The Balaban J connectivity index is 2.97. The molecule has 0 aliphatic carbocycles. The predicted octanol–water partition coefficient (Wildman–Crippen LogP) is 3.26. The Morgan fingerprint density at radius 3 is 2.62 bits per heavy atom. The summed E-state index contributed by atoms with van der Waals surface area (Å²) in [5.74, 6) is -0.942. The zero-order chi connectivity index (χ0) is 19.7. The highest BCUT2D eigenvalue weighted by molar-refractivity contribution is 7.98. The summed E-state index contributed by atoms with van der Waals surface area (Å²) in [5.41, 5.74) is 2.74. The number of anilines is 1. The van der Waals surface area contributed by atoms with E-state index >= 15 is 0 Å². The maximum atomic E-state index is 12.3. The van der Waals surface area contributed by atoms with E-state index in [4.69, 9.17) is 0 Å². The first-order valence-corrected chi connectivity index (χ1v) is 9.70. The number of nitrogens with one attached hydrogen (secondary N) is 2. The number of nitriles is 1. The van der Waals surface area contributed by atoms with Gasteiger partial charge in [-0.1, -0.05) is 32.0 Å². The van der Waals surface area contributed by atoms with Crippen molar-refractivity contribution in [3.63, 3.8) is 0 Å². The Labute approximate surface area is 158 Å². The first kappa shape index (κ1) is 21.6. The summed E-state index contributed by atoms with van der Waals surface area (Å²) in [7, 11) is 0. The van der Waals surface area contributed by atoms with Gasteiger partial charge in [0.25, 0.3) is 5.91 Å². The van der Waals surface area contributed by atoms with Crippen LogP contribution in [0.3, 0.4) is 0 Å². The van der Waals surface area contributed by atoms with Crippen LogP contribution < -0.4 is 10.6 Å². The molecule has 7 heteroatoms. The molecular formula is C19H25N3O3S. The second kappa shape index (κ2) is 10.5. The van der Waals surface area contributed by atoms with Crippen molar-refractivity contribution in [2.24, 2.45) is 0 Å². The van der Waals surface area contributed by atoms with Gasteiger partial charge in [0.05, 0.1) is 0 Å². The fourth-order valence-electron chi connectivity index (χ4n) is 2.39. The maximum absolute atomic E-state index is 12.3. The van der Waals surface area contributed by atoms with E-state index in [1.807, 2.05) is 37.4 Å². The third-order valence-electron chi connectivity index (χ3n) is 3.87. The Morgan fingerprint density at radius 1 is 1.38 bits per heavy atom. The minimum atomic E-state index is -1.11. The summed E-state index contributed by atoms with van der Waals surface area (Å²) in [4.78, 5) is 23.5. The normalized spacial score (nSPS) is 12.4. The Kier molecular flexibility index (Phi) is 8.73. The molecule has 3 N–H and O–H groups in total. The van der Waals surface area contributed by atoms with E-state index < -0.39 is 17.9 Å². The number of carboxylic acids is 1. The third-order valence-corrected chi connectivity index (χ3v) is 4.51. The van der Waals surface area contributed by atoms with Gasteiger partial charge in [-0.15, -0.1) is 0 Å². The van der Waals surface area contributed by atoms with Gasteiger partial charge < -0.3 is 15.7 Å². The quantitative estimate of drug-likeness (QED) is 0.452. The van der Waals surface area contributed by atoms with Gasteiger partial charge in [0, 0.05) is 11.9 Å². The van der Waals surface area contributed by atoms with Crippen LogP contribution in [0.15, 0.2) is 30.0 Å². The largest absolute Gasteiger partial charge is 0.480 e. The minimum Gasteiger partial charge on any atom is -0.480 e. The number of para-hydroxylation sites is 1. The van der Waals surface area contributed by atoms with Gasteiger partial charge in [-0.25, -0.2) is 4.79 Å². The molecule has 1 amide bonds. The number of carbonyl (C=O) groups is 2. The highest BCUT2D eigenvalue weighted by Gasteiger charge is 2.21. The zero-order valence-electron chi connectivity index (χ0n) is 15.5. The van der Waals surface area contributed by atoms with Gasteiger partial charge in [0.2, 0.25) is 0 Å². The van der Waals surface area contributed by atoms with Crippen molar-refractivity contribution < 1.29 is 14.7 Å². The Hall–Kier alpha value is -2.46. The number of aryl methyl sites for hydroxylation is 1. The number of carbonyl (C=O) groups excluding carboxylic acids is 1. The summed E-state index contributed by atoms with van der Waals surface area (Å²) in [6, 6.07) is 6.70. The van der Waals surface area contributed by atoms with Crippen molar-refractivity contribution in [1.82, 2.24) is 5.32 Å². The molecule has 6 nitrogen and oxygen atoms in total. The van der Waals surface area contributed by atoms with Crippen LogP contribution >= 0.6 is 11.8 Å². The molecule has 0 aliphatic heterocycles. The fourth-order valence-corrected chi connectivity index (χ4v) is 2.86. The van der Waals surface area contributed by atoms with Gasteiger partial charge in [-0.3, -0.25) is 4.79 Å². The van der Waals surface area contributed by atoms with Crippen LogP contribution in [0.25, 0.3) is 0 Å². The molecule has 0 aromatic heterocycles. The van der Waals surface area contributed by atoms with Crippen molar-refractivity contribution in [1.29, 1.82) is 5.26 Å². The predicted molar refractivity (Wildman–Crippen MR) is 105 cm³/mol. The van der Waals surface area contributed by atoms with Crippen LogP contribution in [0, 0.1) is 18.3 Å². The first-order chi connectivity index (χ1) is 12.3. The SMILES string of the molecule is CSCCC(NC(=O)/C(C#N)=C\Nc1c(C)cccc1C(C)C)C(=O)O.